The van der Waals surface area contributed by atoms with Gasteiger partial charge in [0.15, 0.2) is 0 Å². The van der Waals surface area contributed by atoms with Crippen LogP contribution >= 0.6 is 0 Å². The van der Waals surface area contributed by atoms with Gasteiger partial charge in [-0.2, -0.15) is 0 Å². The Kier molecular flexibility index (Phi) is 7.44. The first-order valence-corrected chi connectivity index (χ1v) is 10.0. The van der Waals surface area contributed by atoms with Gasteiger partial charge in [-0.1, -0.05) is 25.0 Å². The molecular formula is C19H21F2NO4S. The number of rotatable bonds is 10. The summed E-state index contributed by atoms with van der Waals surface area (Å²) in [6, 6.07) is 9.37. The van der Waals surface area contributed by atoms with Crippen LogP contribution in [0.2, 0.25) is 0 Å². The Labute approximate surface area is 157 Å². The zero-order valence-electron chi connectivity index (χ0n) is 14.6. The van der Waals surface area contributed by atoms with E-state index in [0.717, 1.165) is 12.1 Å². The van der Waals surface area contributed by atoms with Crippen molar-refractivity contribution in [2.75, 3.05) is 0 Å². The quantitative estimate of drug-likeness (QED) is 0.593. The molecule has 8 heteroatoms. The zero-order valence-corrected chi connectivity index (χ0v) is 15.4. The van der Waals surface area contributed by atoms with Gasteiger partial charge in [0, 0.05) is 12.5 Å². The maximum atomic E-state index is 13.2. The summed E-state index contributed by atoms with van der Waals surface area (Å²) in [5.41, 5.74) is 0.598. The van der Waals surface area contributed by atoms with Crippen LogP contribution in [0.5, 0.6) is 0 Å². The van der Waals surface area contributed by atoms with E-state index in [2.05, 4.69) is 4.72 Å². The second-order valence-corrected chi connectivity index (χ2v) is 7.89. The van der Waals surface area contributed by atoms with E-state index in [4.69, 9.17) is 5.11 Å². The molecule has 0 spiro atoms. The molecule has 0 bridgehead atoms. The summed E-state index contributed by atoms with van der Waals surface area (Å²) in [5.74, 6) is -1.84. The van der Waals surface area contributed by atoms with Gasteiger partial charge in [0.2, 0.25) is 10.0 Å². The Morgan fingerprint density at radius 3 is 2.04 bits per heavy atom. The van der Waals surface area contributed by atoms with Crippen LogP contribution in [0.4, 0.5) is 8.78 Å². The number of carboxylic acid groups (broad SMARTS) is 1. The highest BCUT2D eigenvalue weighted by Gasteiger charge is 2.21. The van der Waals surface area contributed by atoms with Crippen molar-refractivity contribution in [2.45, 2.75) is 43.0 Å². The SMILES string of the molecule is O=C(O)CCCCCC(NS(=O)(=O)c1ccc(F)cc1)c1ccc(F)cc1. The zero-order chi connectivity index (χ0) is 19.9. The fourth-order valence-electron chi connectivity index (χ4n) is 2.66. The summed E-state index contributed by atoms with van der Waals surface area (Å²) in [7, 11) is -3.90. The molecule has 2 aromatic rings. The average Bonchev–Trinajstić information content (AvgIpc) is 2.61. The van der Waals surface area contributed by atoms with Gasteiger partial charge in [-0.15, -0.1) is 0 Å². The van der Waals surface area contributed by atoms with Crippen LogP contribution in [-0.2, 0) is 14.8 Å². The van der Waals surface area contributed by atoms with Crippen molar-refractivity contribution in [3.8, 4) is 0 Å². The predicted octanol–water partition coefficient (Wildman–Crippen LogP) is 4.02. The maximum absolute atomic E-state index is 13.2. The van der Waals surface area contributed by atoms with E-state index >= 15 is 0 Å². The van der Waals surface area contributed by atoms with E-state index in [1.54, 1.807) is 0 Å². The predicted molar refractivity (Wildman–Crippen MR) is 96.6 cm³/mol. The smallest absolute Gasteiger partial charge is 0.303 e. The van der Waals surface area contributed by atoms with Crippen molar-refractivity contribution in [3.63, 3.8) is 0 Å². The first-order valence-electron chi connectivity index (χ1n) is 8.53. The Hall–Kier alpha value is -2.32. The average molecular weight is 397 g/mol. The van der Waals surface area contributed by atoms with Crippen LogP contribution < -0.4 is 4.72 Å². The number of aliphatic carboxylic acids is 1. The molecule has 1 atom stereocenters. The topological polar surface area (TPSA) is 83.5 Å². The summed E-state index contributed by atoms with van der Waals surface area (Å²) >= 11 is 0. The second kappa shape index (κ2) is 9.57. The number of halogens is 2. The summed E-state index contributed by atoms with van der Waals surface area (Å²) in [4.78, 5) is 10.5. The lowest BCUT2D eigenvalue weighted by Gasteiger charge is -2.19. The van der Waals surface area contributed by atoms with E-state index in [1.807, 2.05) is 0 Å². The number of hydrogen-bond donors (Lipinski definition) is 2. The molecule has 0 saturated heterocycles. The third-order valence-electron chi connectivity index (χ3n) is 4.08. The molecule has 2 aromatic carbocycles. The monoisotopic (exact) mass is 397 g/mol. The molecule has 146 valence electrons. The summed E-state index contributed by atoms with van der Waals surface area (Å²) in [5, 5.41) is 8.67. The highest BCUT2D eigenvalue weighted by atomic mass is 32.2. The minimum atomic E-state index is -3.90. The minimum Gasteiger partial charge on any atom is -0.481 e. The van der Waals surface area contributed by atoms with Crippen molar-refractivity contribution in [3.05, 3.63) is 65.7 Å². The second-order valence-electron chi connectivity index (χ2n) is 6.17. The van der Waals surface area contributed by atoms with Gasteiger partial charge in [-0.05, 0) is 54.8 Å². The lowest BCUT2D eigenvalue weighted by molar-refractivity contribution is -0.137. The molecule has 1 unspecified atom stereocenters. The number of unbranched alkanes of at least 4 members (excludes halogenated alkanes) is 2. The molecule has 0 aromatic heterocycles. The summed E-state index contributed by atoms with van der Waals surface area (Å²) in [6.45, 7) is 0. The molecule has 2 N–H and O–H groups in total. The van der Waals surface area contributed by atoms with E-state index in [0.29, 0.717) is 31.2 Å². The third kappa shape index (κ3) is 6.73. The van der Waals surface area contributed by atoms with Crippen molar-refractivity contribution in [1.82, 2.24) is 4.72 Å². The lowest BCUT2D eigenvalue weighted by atomic mass is 10.0. The van der Waals surface area contributed by atoms with Crippen LogP contribution in [0.3, 0.4) is 0 Å². The van der Waals surface area contributed by atoms with Gasteiger partial charge in [-0.25, -0.2) is 21.9 Å². The van der Waals surface area contributed by atoms with Gasteiger partial charge in [0.25, 0.3) is 0 Å². The van der Waals surface area contributed by atoms with Crippen LogP contribution in [-0.4, -0.2) is 19.5 Å². The van der Waals surface area contributed by atoms with E-state index < -0.39 is 33.7 Å². The van der Waals surface area contributed by atoms with Crippen molar-refractivity contribution in [2.24, 2.45) is 0 Å². The van der Waals surface area contributed by atoms with Crippen LogP contribution in [0, 0.1) is 11.6 Å². The van der Waals surface area contributed by atoms with Crippen molar-refractivity contribution in [1.29, 1.82) is 0 Å². The molecule has 0 aliphatic rings. The number of benzene rings is 2. The first-order chi connectivity index (χ1) is 12.8. The van der Waals surface area contributed by atoms with Gasteiger partial charge in [0.05, 0.1) is 4.90 Å². The number of nitrogens with one attached hydrogen (secondary N) is 1. The van der Waals surface area contributed by atoms with E-state index in [-0.39, 0.29) is 11.3 Å². The fraction of sp³-hybridized carbons (Fsp3) is 0.316. The van der Waals surface area contributed by atoms with Gasteiger partial charge in [-0.3, -0.25) is 4.79 Å². The number of carboxylic acids is 1. The standard InChI is InChI=1S/C19H21F2NO4S/c20-15-8-6-14(7-9-15)18(4-2-1-3-5-19(23)24)22-27(25,26)17-12-10-16(21)11-13-17/h6-13,18,22H,1-5H2,(H,23,24). The molecular weight excluding hydrogens is 376 g/mol. The molecule has 5 nitrogen and oxygen atoms in total. The lowest BCUT2D eigenvalue weighted by Crippen LogP contribution is -2.28. The van der Waals surface area contributed by atoms with Crippen LogP contribution in [0.1, 0.15) is 43.7 Å². The first kappa shape index (κ1) is 21.0. The molecule has 0 aliphatic carbocycles. The molecule has 0 radical (unpaired) electrons. The summed E-state index contributed by atoms with van der Waals surface area (Å²) < 4.78 is 54.0. The summed E-state index contributed by atoms with van der Waals surface area (Å²) in [6.07, 6.45) is 2.20. The number of sulfonamides is 1. The van der Waals surface area contributed by atoms with Gasteiger partial charge in [0.1, 0.15) is 11.6 Å². The normalized spacial score (nSPS) is 12.7. The molecule has 0 saturated carbocycles. The largest absolute Gasteiger partial charge is 0.481 e. The van der Waals surface area contributed by atoms with Crippen LogP contribution in [0.15, 0.2) is 53.4 Å². The Morgan fingerprint density at radius 1 is 0.926 bits per heavy atom. The maximum Gasteiger partial charge on any atom is 0.303 e. The molecule has 0 heterocycles. The minimum absolute atomic E-state index is 0.0581. The van der Waals surface area contributed by atoms with Crippen molar-refractivity contribution >= 4 is 16.0 Å². The Balaban J connectivity index is 2.12. The Bertz CT molecular complexity index is 852. The van der Waals surface area contributed by atoms with E-state index in [1.165, 1.54) is 36.4 Å². The van der Waals surface area contributed by atoms with Gasteiger partial charge < -0.3 is 5.11 Å². The Morgan fingerprint density at radius 2 is 1.48 bits per heavy atom. The number of hydrogen-bond acceptors (Lipinski definition) is 3. The molecule has 0 aliphatic heterocycles. The molecule has 0 amide bonds. The van der Waals surface area contributed by atoms with Crippen molar-refractivity contribution < 1.29 is 27.1 Å². The third-order valence-corrected chi connectivity index (χ3v) is 5.56. The molecule has 2 rings (SSSR count). The van der Waals surface area contributed by atoms with E-state index in [9.17, 15) is 22.0 Å². The fourth-order valence-corrected chi connectivity index (χ4v) is 3.92. The van der Waals surface area contributed by atoms with Crippen LogP contribution in [0.25, 0.3) is 0 Å². The highest BCUT2D eigenvalue weighted by molar-refractivity contribution is 7.89. The highest BCUT2D eigenvalue weighted by Crippen LogP contribution is 2.23. The molecule has 27 heavy (non-hydrogen) atoms. The number of carbonyl (C=O) groups is 1. The van der Waals surface area contributed by atoms with Gasteiger partial charge >= 0.3 is 5.97 Å². The molecule has 0 fully saturated rings.